The lowest BCUT2D eigenvalue weighted by atomic mass is 10.1. The molecule has 1 aliphatic rings. The highest BCUT2D eigenvalue weighted by molar-refractivity contribution is 6.02. The Morgan fingerprint density at radius 1 is 1.28 bits per heavy atom. The van der Waals surface area contributed by atoms with E-state index in [2.05, 4.69) is 10.5 Å². The van der Waals surface area contributed by atoms with Crippen LogP contribution in [-0.4, -0.2) is 46.2 Å². The Bertz CT molecular complexity index is 746. The van der Waals surface area contributed by atoms with E-state index in [1.165, 1.54) is 0 Å². The molecule has 0 atom stereocenters. The van der Waals surface area contributed by atoms with Gasteiger partial charge < -0.3 is 19.8 Å². The number of aromatic nitrogens is 1. The molecule has 1 aromatic heterocycles. The first kappa shape index (κ1) is 17.2. The Morgan fingerprint density at radius 3 is 2.56 bits per heavy atom. The summed E-state index contributed by atoms with van der Waals surface area (Å²) in [6.45, 7) is 2.93. The molecule has 0 radical (unpaired) electrons. The van der Waals surface area contributed by atoms with Gasteiger partial charge in [-0.2, -0.15) is 0 Å². The Hall–Kier alpha value is -2.67. The summed E-state index contributed by atoms with van der Waals surface area (Å²) >= 11 is 0. The zero-order valence-electron chi connectivity index (χ0n) is 14.1. The van der Waals surface area contributed by atoms with E-state index in [0.29, 0.717) is 43.8 Å². The molecule has 25 heavy (non-hydrogen) atoms. The number of piperidine rings is 1. The fraction of sp³-hybridized carbons (Fsp3) is 0.389. The van der Waals surface area contributed by atoms with Gasteiger partial charge in [-0.05, 0) is 37.5 Å². The second-order valence-corrected chi connectivity index (χ2v) is 6.26. The van der Waals surface area contributed by atoms with Gasteiger partial charge in [-0.3, -0.25) is 9.59 Å². The first-order valence-corrected chi connectivity index (χ1v) is 8.31. The minimum absolute atomic E-state index is 0.0572. The third kappa shape index (κ3) is 4.45. The van der Waals surface area contributed by atoms with Crippen LogP contribution in [0.1, 0.15) is 34.7 Å². The second-order valence-electron chi connectivity index (χ2n) is 6.26. The molecular weight excluding hydrogens is 322 g/mol. The second kappa shape index (κ2) is 7.48. The van der Waals surface area contributed by atoms with E-state index >= 15 is 0 Å². The fourth-order valence-corrected chi connectivity index (χ4v) is 2.78. The molecule has 2 amide bonds. The van der Waals surface area contributed by atoms with Gasteiger partial charge in [0.25, 0.3) is 5.91 Å². The summed E-state index contributed by atoms with van der Waals surface area (Å²) in [7, 11) is 0. The Morgan fingerprint density at radius 2 is 1.96 bits per heavy atom. The number of hydrogen-bond donors (Lipinski definition) is 2. The number of benzene rings is 1. The maximum Gasteiger partial charge on any atom is 0.277 e. The van der Waals surface area contributed by atoms with E-state index in [1.54, 1.807) is 30.0 Å². The number of aryl methyl sites for hydroxylation is 1. The van der Waals surface area contributed by atoms with Gasteiger partial charge in [-0.15, -0.1) is 0 Å². The zero-order valence-corrected chi connectivity index (χ0v) is 14.1. The number of rotatable bonds is 4. The van der Waals surface area contributed by atoms with E-state index in [0.717, 1.165) is 5.56 Å². The molecule has 0 saturated carbocycles. The van der Waals surface area contributed by atoms with Crippen LogP contribution >= 0.6 is 0 Å². The van der Waals surface area contributed by atoms with Crippen molar-refractivity contribution in [1.29, 1.82) is 0 Å². The first-order chi connectivity index (χ1) is 12.0. The molecule has 0 spiro atoms. The molecule has 7 nitrogen and oxygen atoms in total. The molecule has 2 aromatic rings. The highest BCUT2D eigenvalue weighted by atomic mass is 16.5. The summed E-state index contributed by atoms with van der Waals surface area (Å²) < 4.78 is 4.88. The number of carbonyl (C=O) groups is 2. The molecule has 0 aliphatic carbocycles. The number of aliphatic hydroxyl groups is 1. The van der Waals surface area contributed by atoms with E-state index in [-0.39, 0.29) is 23.6 Å². The van der Waals surface area contributed by atoms with Crippen molar-refractivity contribution in [3.8, 4) is 0 Å². The minimum atomic E-state index is -0.340. The van der Waals surface area contributed by atoms with Gasteiger partial charge in [-0.1, -0.05) is 17.3 Å². The lowest BCUT2D eigenvalue weighted by molar-refractivity contribution is -0.132. The number of nitrogens with zero attached hydrogens (tertiary/aromatic N) is 2. The van der Waals surface area contributed by atoms with Gasteiger partial charge in [0, 0.05) is 24.8 Å². The van der Waals surface area contributed by atoms with Gasteiger partial charge in [0.05, 0.1) is 12.5 Å². The largest absolute Gasteiger partial charge is 0.393 e. The summed E-state index contributed by atoms with van der Waals surface area (Å²) in [4.78, 5) is 26.1. The number of amides is 2. The maximum atomic E-state index is 12.3. The van der Waals surface area contributed by atoms with Crippen LogP contribution in [0.15, 0.2) is 34.9 Å². The molecule has 0 unspecified atom stereocenters. The molecule has 1 aromatic carbocycles. The number of aliphatic hydroxyl groups excluding tert-OH is 1. The zero-order chi connectivity index (χ0) is 17.8. The van der Waals surface area contributed by atoms with Crippen LogP contribution in [0.5, 0.6) is 0 Å². The fourth-order valence-electron chi connectivity index (χ4n) is 2.78. The molecule has 132 valence electrons. The quantitative estimate of drug-likeness (QED) is 0.882. The van der Waals surface area contributed by atoms with Crippen LogP contribution in [0.2, 0.25) is 0 Å². The summed E-state index contributed by atoms with van der Waals surface area (Å²) in [5.74, 6) is 0.290. The number of hydrogen-bond acceptors (Lipinski definition) is 5. The molecule has 7 heteroatoms. The molecule has 1 fully saturated rings. The minimum Gasteiger partial charge on any atom is -0.393 e. The summed E-state index contributed by atoms with van der Waals surface area (Å²) in [6, 6.07) is 8.72. The Balaban J connectivity index is 1.55. The number of anilines is 1. The highest BCUT2D eigenvalue weighted by Crippen LogP contribution is 2.15. The maximum absolute atomic E-state index is 12.3. The van der Waals surface area contributed by atoms with Crippen molar-refractivity contribution >= 4 is 17.5 Å². The third-order valence-electron chi connectivity index (χ3n) is 4.24. The van der Waals surface area contributed by atoms with Crippen molar-refractivity contribution < 1.29 is 19.2 Å². The first-order valence-electron chi connectivity index (χ1n) is 8.31. The normalized spacial score (nSPS) is 15.2. The van der Waals surface area contributed by atoms with E-state index in [9.17, 15) is 14.7 Å². The van der Waals surface area contributed by atoms with Crippen molar-refractivity contribution in [2.45, 2.75) is 32.3 Å². The smallest absolute Gasteiger partial charge is 0.277 e. The summed E-state index contributed by atoms with van der Waals surface area (Å²) in [5, 5.41) is 15.9. The van der Waals surface area contributed by atoms with Crippen molar-refractivity contribution in [3.05, 3.63) is 47.3 Å². The van der Waals surface area contributed by atoms with E-state index in [4.69, 9.17) is 4.52 Å². The third-order valence-corrected chi connectivity index (χ3v) is 4.24. The van der Waals surface area contributed by atoms with Crippen LogP contribution in [0.25, 0.3) is 0 Å². The number of likely N-dealkylation sites (tertiary alicyclic amines) is 1. The molecule has 1 saturated heterocycles. The van der Waals surface area contributed by atoms with Crippen LogP contribution in [-0.2, 0) is 11.2 Å². The Labute approximate surface area is 145 Å². The Kier molecular flexibility index (Phi) is 5.14. The van der Waals surface area contributed by atoms with Crippen molar-refractivity contribution in [2.24, 2.45) is 0 Å². The number of nitrogens with one attached hydrogen (secondary N) is 1. The lowest BCUT2D eigenvalue weighted by Crippen LogP contribution is -2.40. The van der Waals surface area contributed by atoms with Crippen LogP contribution < -0.4 is 5.32 Å². The van der Waals surface area contributed by atoms with E-state index < -0.39 is 0 Å². The van der Waals surface area contributed by atoms with Crippen LogP contribution in [0, 0.1) is 6.92 Å². The molecular formula is C18H21N3O4. The average molecular weight is 343 g/mol. The topological polar surface area (TPSA) is 95.7 Å². The molecule has 0 bridgehead atoms. The van der Waals surface area contributed by atoms with Crippen molar-refractivity contribution in [1.82, 2.24) is 10.1 Å². The molecule has 3 rings (SSSR count). The van der Waals surface area contributed by atoms with Gasteiger partial charge >= 0.3 is 0 Å². The predicted molar refractivity (Wildman–Crippen MR) is 91.2 cm³/mol. The molecule has 2 heterocycles. The van der Waals surface area contributed by atoms with Gasteiger partial charge in [-0.25, -0.2) is 0 Å². The van der Waals surface area contributed by atoms with E-state index in [1.807, 2.05) is 12.1 Å². The summed E-state index contributed by atoms with van der Waals surface area (Å²) in [5.41, 5.74) is 1.73. The van der Waals surface area contributed by atoms with Gasteiger partial charge in [0.15, 0.2) is 5.69 Å². The van der Waals surface area contributed by atoms with Crippen molar-refractivity contribution in [2.75, 3.05) is 18.4 Å². The molecule has 2 N–H and O–H groups in total. The standard InChI is InChI=1S/C18H21N3O4/c1-12-10-16(20-25-12)18(24)19-14-4-2-13(3-5-14)11-17(23)21-8-6-15(22)7-9-21/h2-5,10,15,22H,6-9,11H2,1H3,(H,19,24). The number of carbonyl (C=O) groups excluding carboxylic acids is 2. The highest BCUT2D eigenvalue weighted by Gasteiger charge is 2.21. The average Bonchev–Trinajstić information content (AvgIpc) is 3.04. The summed E-state index contributed by atoms with van der Waals surface area (Å²) in [6.07, 6.45) is 1.30. The van der Waals surface area contributed by atoms with Crippen LogP contribution in [0.3, 0.4) is 0 Å². The van der Waals surface area contributed by atoms with Gasteiger partial charge in [0.1, 0.15) is 5.76 Å². The van der Waals surface area contributed by atoms with Gasteiger partial charge in [0.2, 0.25) is 5.91 Å². The van der Waals surface area contributed by atoms with Crippen molar-refractivity contribution in [3.63, 3.8) is 0 Å². The van der Waals surface area contributed by atoms with Crippen LogP contribution in [0.4, 0.5) is 5.69 Å². The monoisotopic (exact) mass is 343 g/mol. The molecule has 1 aliphatic heterocycles. The predicted octanol–water partition coefficient (Wildman–Crippen LogP) is 1.76. The lowest BCUT2D eigenvalue weighted by Gasteiger charge is -2.29. The SMILES string of the molecule is Cc1cc(C(=O)Nc2ccc(CC(=O)N3CCC(O)CC3)cc2)no1.